The van der Waals surface area contributed by atoms with Crippen LogP contribution in [0.2, 0.25) is 0 Å². The van der Waals surface area contributed by atoms with Crippen molar-refractivity contribution in [1.82, 2.24) is 5.32 Å². The second-order valence-electron chi connectivity index (χ2n) is 5.85. The maximum atomic E-state index is 12.0. The molecule has 0 bridgehead atoms. The number of benzene rings is 1. The Bertz CT molecular complexity index is 537. The molecule has 0 heterocycles. The van der Waals surface area contributed by atoms with E-state index >= 15 is 0 Å². The largest absolute Gasteiger partial charge is 0.490 e. The van der Waals surface area contributed by atoms with Crippen molar-refractivity contribution in [3.8, 4) is 11.5 Å². The summed E-state index contributed by atoms with van der Waals surface area (Å²) in [5.41, 5.74) is 1.09. The predicted octanol–water partition coefficient (Wildman–Crippen LogP) is 4.64. The minimum atomic E-state index is 0.0771. The molecule has 0 aliphatic rings. The van der Waals surface area contributed by atoms with Crippen LogP contribution in [0.5, 0.6) is 11.5 Å². The molecular weight excluding hydrogens is 390 g/mol. The molecule has 1 aromatic carbocycles. The zero-order valence-electron chi connectivity index (χ0n) is 15.1. The van der Waals surface area contributed by atoms with Crippen molar-refractivity contribution < 1.29 is 14.3 Å². The van der Waals surface area contributed by atoms with Gasteiger partial charge in [-0.3, -0.25) is 4.79 Å². The highest BCUT2D eigenvalue weighted by Crippen LogP contribution is 2.35. The van der Waals surface area contributed by atoms with Crippen LogP contribution in [0.3, 0.4) is 0 Å². The Kier molecular flexibility index (Phi) is 9.59. The third-order valence-corrected chi connectivity index (χ3v) is 5.31. The fourth-order valence-corrected chi connectivity index (χ4v) is 3.42. The van der Waals surface area contributed by atoms with E-state index in [0.717, 1.165) is 27.3 Å². The lowest BCUT2D eigenvalue weighted by molar-refractivity contribution is -0.119. The van der Waals surface area contributed by atoms with Gasteiger partial charge >= 0.3 is 0 Å². The number of halogens is 1. The summed E-state index contributed by atoms with van der Waals surface area (Å²) in [5.74, 6) is 3.18. The van der Waals surface area contributed by atoms with Crippen molar-refractivity contribution in [1.29, 1.82) is 0 Å². The summed E-state index contributed by atoms with van der Waals surface area (Å²) >= 11 is 5.17. The van der Waals surface area contributed by atoms with Crippen molar-refractivity contribution in [2.75, 3.05) is 19.0 Å². The lowest BCUT2D eigenvalue weighted by Crippen LogP contribution is -2.37. The van der Waals surface area contributed by atoms with E-state index in [0.29, 0.717) is 24.9 Å². The molecule has 24 heavy (non-hydrogen) atoms. The molecule has 4 nitrogen and oxygen atoms in total. The zero-order valence-corrected chi connectivity index (χ0v) is 17.6. The Hall–Kier alpha value is -0.880. The minimum absolute atomic E-state index is 0.0771. The summed E-state index contributed by atoms with van der Waals surface area (Å²) in [4.78, 5) is 12.0. The molecule has 0 unspecified atom stereocenters. The number of hydrogen-bond acceptors (Lipinski definition) is 4. The van der Waals surface area contributed by atoms with Gasteiger partial charge in [0.2, 0.25) is 5.91 Å². The number of nitrogens with one attached hydrogen (secondary N) is 1. The van der Waals surface area contributed by atoms with Gasteiger partial charge < -0.3 is 14.8 Å². The molecule has 1 aromatic rings. The van der Waals surface area contributed by atoms with Crippen molar-refractivity contribution in [2.45, 2.75) is 46.4 Å². The van der Waals surface area contributed by atoms with Gasteiger partial charge in [-0.1, -0.05) is 29.8 Å². The Morgan fingerprint density at radius 1 is 1.17 bits per heavy atom. The van der Waals surface area contributed by atoms with Crippen molar-refractivity contribution >= 4 is 33.6 Å². The van der Waals surface area contributed by atoms with E-state index in [1.54, 1.807) is 11.8 Å². The topological polar surface area (TPSA) is 47.6 Å². The fraction of sp³-hybridized carbons (Fsp3) is 0.611. The van der Waals surface area contributed by atoms with Crippen molar-refractivity contribution in [3.05, 3.63) is 22.2 Å². The van der Waals surface area contributed by atoms with E-state index in [1.165, 1.54) is 0 Å². The summed E-state index contributed by atoms with van der Waals surface area (Å²) in [5, 5.41) is 3.02. The highest BCUT2D eigenvalue weighted by Gasteiger charge is 2.13. The first-order chi connectivity index (χ1) is 11.4. The summed E-state index contributed by atoms with van der Waals surface area (Å²) in [6, 6.07) is 4.12. The molecule has 0 spiro atoms. The number of amides is 1. The van der Waals surface area contributed by atoms with Gasteiger partial charge in [0.25, 0.3) is 0 Å². The van der Waals surface area contributed by atoms with Gasteiger partial charge in [-0.05, 0) is 44.4 Å². The summed E-state index contributed by atoms with van der Waals surface area (Å²) in [6.07, 6.45) is 0. The molecule has 1 amide bonds. The molecule has 1 N–H and O–H groups in total. The maximum absolute atomic E-state index is 12.0. The quantitative estimate of drug-likeness (QED) is 0.602. The van der Waals surface area contributed by atoms with Crippen LogP contribution in [-0.4, -0.2) is 30.9 Å². The molecule has 0 aliphatic carbocycles. The lowest BCUT2D eigenvalue weighted by atomic mass is 10.1. The van der Waals surface area contributed by atoms with Crippen LogP contribution in [0.15, 0.2) is 16.6 Å². The average molecular weight is 418 g/mol. The van der Waals surface area contributed by atoms with Crippen LogP contribution >= 0.6 is 27.7 Å². The molecule has 0 aromatic heterocycles. The molecule has 0 aliphatic heterocycles. The first-order valence-electron chi connectivity index (χ1n) is 8.34. The van der Waals surface area contributed by atoms with Crippen LogP contribution in [0.25, 0.3) is 0 Å². The number of carbonyl (C=O) groups is 1. The van der Waals surface area contributed by atoms with Gasteiger partial charge in [0, 0.05) is 16.3 Å². The van der Waals surface area contributed by atoms with Gasteiger partial charge in [-0.15, -0.1) is 11.8 Å². The average Bonchev–Trinajstić information content (AvgIpc) is 2.51. The molecule has 0 saturated heterocycles. The normalized spacial score (nSPS) is 12.1. The van der Waals surface area contributed by atoms with Gasteiger partial charge in [0.1, 0.15) is 0 Å². The summed E-state index contributed by atoms with van der Waals surface area (Å²) in [7, 11) is 0. The first kappa shape index (κ1) is 21.2. The van der Waals surface area contributed by atoms with Gasteiger partial charge in [0.05, 0.1) is 19.0 Å². The van der Waals surface area contributed by atoms with E-state index in [4.69, 9.17) is 9.47 Å². The van der Waals surface area contributed by atoms with E-state index in [-0.39, 0.29) is 11.9 Å². The van der Waals surface area contributed by atoms with Crippen molar-refractivity contribution in [3.63, 3.8) is 0 Å². The number of rotatable bonds is 10. The third kappa shape index (κ3) is 6.93. The number of carbonyl (C=O) groups excluding carboxylic acids is 1. The maximum Gasteiger partial charge on any atom is 0.230 e. The van der Waals surface area contributed by atoms with Gasteiger partial charge in [0.15, 0.2) is 11.5 Å². The van der Waals surface area contributed by atoms with E-state index in [1.807, 2.05) is 32.9 Å². The Labute approximate surface area is 158 Å². The molecule has 136 valence electrons. The highest BCUT2D eigenvalue weighted by molar-refractivity contribution is 9.10. The Balaban J connectivity index is 2.64. The Morgan fingerprint density at radius 3 is 2.29 bits per heavy atom. The standard InChI is InChI=1S/C18H28BrNO3S/c1-6-22-16-8-14(15(19)9-17(16)23-7-2)10-24-11-18(21)20-13(5)12(3)4/h8-9,12-13H,6-7,10-11H2,1-5H3,(H,20,21)/t13-/m1/s1. The van der Waals surface area contributed by atoms with E-state index < -0.39 is 0 Å². The summed E-state index contributed by atoms with van der Waals surface area (Å²) < 4.78 is 12.2. The molecule has 1 rings (SSSR count). The smallest absolute Gasteiger partial charge is 0.230 e. The molecule has 0 fully saturated rings. The second-order valence-corrected chi connectivity index (χ2v) is 7.69. The van der Waals surface area contributed by atoms with Crippen LogP contribution in [0.4, 0.5) is 0 Å². The highest BCUT2D eigenvalue weighted by atomic mass is 79.9. The molecule has 0 saturated carbocycles. The molecule has 1 atom stereocenters. The van der Waals surface area contributed by atoms with E-state index in [9.17, 15) is 4.79 Å². The zero-order chi connectivity index (χ0) is 18.1. The molecular formula is C18H28BrNO3S. The third-order valence-electron chi connectivity index (χ3n) is 3.59. The number of hydrogen-bond donors (Lipinski definition) is 1. The van der Waals surface area contributed by atoms with Gasteiger partial charge in [-0.2, -0.15) is 0 Å². The van der Waals surface area contributed by atoms with Crippen molar-refractivity contribution in [2.24, 2.45) is 5.92 Å². The van der Waals surface area contributed by atoms with Crippen LogP contribution in [0, 0.1) is 5.92 Å². The number of ether oxygens (including phenoxy) is 2. The SMILES string of the molecule is CCOc1cc(Br)c(CSCC(=O)N[C@H](C)C(C)C)cc1OCC. The molecule has 0 radical (unpaired) electrons. The first-order valence-corrected chi connectivity index (χ1v) is 10.3. The lowest BCUT2D eigenvalue weighted by Gasteiger charge is -2.17. The summed E-state index contributed by atoms with van der Waals surface area (Å²) in [6.45, 7) is 11.3. The molecule has 6 heteroatoms. The fourth-order valence-electron chi connectivity index (χ4n) is 1.94. The van der Waals surface area contributed by atoms with Crippen LogP contribution < -0.4 is 14.8 Å². The minimum Gasteiger partial charge on any atom is -0.490 e. The van der Waals surface area contributed by atoms with Crippen LogP contribution in [0.1, 0.15) is 40.2 Å². The van der Waals surface area contributed by atoms with E-state index in [2.05, 4.69) is 35.1 Å². The van der Waals surface area contributed by atoms with Gasteiger partial charge in [-0.25, -0.2) is 0 Å². The monoisotopic (exact) mass is 417 g/mol. The van der Waals surface area contributed by atoms with Crippen LogP contribution in [-0.2, 0) is 10.5 Å². The second kappa shape index (κ2) is 10.9. The number of thioether (sulfide) groups is 1. The predicted molar refractivity (Wildman–Crippen MR) is 105 cm³/mol. The Morgan fingerprint density at radius 2 is 1.75 bits per heavy atom.